The first kappa shape index (κ1) is 40.3. The van der Waals surface area contributed by atoms with Gasteiger partial charge in [0.25, 0.3) is 11.8 Å². The van der Waals surface area contributed by atoms with Crippen LogP contribution in [0.1, 0.15) is 64.9 Å². The van der Waals surface area contributed by atoms with Gasteiger partial charge < -0.3 is 40.4 Å². The third kappa shape index (κ3) is 8.22. The number of fused-ring (bicyclic) bond motifs is 1. The number of piperazine rings is 1. The summed E-state index contributed by atoms with van der Waals surface area (Å²) in [6.07, 6.45) is 4.33. The van der Waals surface area contributed by atoms with E-state index in [0.29, 0.717) is 81.0 Å². The van der Waals surface area contributed by atoms with Gasteiger partial charge in [0.2, 0.25) is 17.8 Å². The van der Waals surface area contributed by atoms with Crippen molar-refractivity contribution in [2.24, 2.45) is 11.7 Å². The number of amides is 6. The van der Waals surface area contributed by atoms with E-state index in [9.17, 15) is 24.0 Å². The molecule has 1 aromatic heterocycles. The number of primary amides is 1. The summed E-state index contributed by atoms with van der Waals surface area (Å²) in [6.45, 7) is 8.64. The number of urea groups is 1. The van der Waals surface area contributed by atoms with Gasteiger partial charge in [0.1, 0.15) is 11.9 Å². The minimum atomic E-state index is -0.810. The van der Waals surface area contributed by atoms with Crippen LogP contribution in [0, 0.1) is 11.7 Å². The van der Waals surface area contributed by atoms with E-state index in [1.807, 2.05) is 21.9 Å². The van der Waals surface area contributed by atoms with Crippen molar-refractivity contribution in [3.8, 4) is 0 Å². The molecule has 18 nitrogen and oxygen atoms in total. The van der Waals surface area contributed by atoms with Gasteiger partial charge in [0, 0.05) is 109 Å². The number of aromatic nitrogens is 3. The van der Waals surface area contributed by atoms with E-state index in [2.05, 4.69) is 46.6 Å². The van der Waals surface area contributed by atoms with Crippen LogP contribution in [0.2, 0.25) is 0 Å². The molecule has 322 valence electrons. The largest absolute Gasteiger partial charge is 0.371 e. The SMILES string of the molecule is CN1CCN([C@@H]2CCCN(c3nnc(C(N)=O)c(Nc4ccc(N5CCN(CC6CCN(c7ccc8c(c7)C(=O)N(C7CCC(=O)NC7=O)C8)CC6)CC5)c(F)c4)n3)C2)C1=O. The molecule has 7 heterocycles. The second-order valence-corrected chi connectivity index (χ2v) is 17.1. The number of likely N-dealkylation sites (N-methyl/N-ethyl adjacent to an activating group) is 1. The predicted octanol–water partition coefficient (Wildman–Crippen LogP) is 1.99. The molecule has 3 aromatic rings. The van der Waals surface area contributed by atoms with E-state index in [0.717, 1.165) is 69.7 Å². The number of nitrogens with one attached hydrogen (secondary N) is 2. The lowest BCUT2D eigenvalue weighted by Gasteiger charge is -2.40. The monoisotopic (exact) mass is 837 g/mol. The fourth-order valence-corrected chi connectivity index (χ4v) is 9.73. The third-order valence-corrected chi connectivity index (χ3v) is 13.2. The van der Waals surface area contributed by atoms with E-state index in [1.54, 1.807) is 29.0 Å². The molecule has 1 unspecified atom stereocenters. The van der Waals surface area contributed by atoms with Crippen molar-refractivity contribution in [1.82, 2.24) is 40.1 Å². The molecule has 0 saturated carbocycles. The molecule has 0 aliphatic carbocycles. The molecule has 0 radical (unpaired) electrons. The Morgan fingerprint density at radius 3 is 2.39 bits per heavy atom. The van der Waals surface area contributed by atoms with Crippen LogP contribution in [0.3, 0.4) is 0 Å². The van der Waals surface area contributed by atoms with Gasteiger partial charge in [-0.3, -0.25) is 29.4 Å². The Bertz CT molecular complexity index is 2230. The van der Waals surface area contributed by atoms with Crippen molar-refractivity contribution in [3.05, 3.63) is 59.0 Å². The molecule has 6 aliphatic rings. The van der Waals surface area contributed by atoms with Gasteiger partial charge in [-0.25, -0.2) is 9.18 Å². The van der Waals surface area contributed by atoms with E-state index >= 15 is 4.39 Å². The van der Waals surface area contributed by atoms with Crippen molar-refractivity contribution < 1.29 is 28.4 Å². The zero-order valence-corrected chi connectivity index (χ0v) is 34.4. The van der Waals surface area contributed by atoms with Gasteiger partial charge in [-0.05, 0) is 73.9 Å². The predicted molar refractivity (Wildman–Crippen MR) is 224 cm³/mol. The summed E-state index contributed by atoms with van der Waals surface area (Å²) in [5, 5.41) is 13.7. The smallest absolute Gasteiger partial charge is 0.320 e. The molecule has 4 N–H and O–H groups in total. The van der Waals surface area contributed by atoms with Crippen LogP contribution in [0.15, 0.2) is 36.4 Å². The first-order chi connectivity index (χ1) is 29.5. The van der Waals surface area contributed by atoms with Gasteiger partial charge in [-0.15, -0.1) is 10.2 Å². The van der Waals surface area contributed by atoms with Crippen LogP contribution in [0.4, 0.5) is 38.0 Å². The van der Waals surface area contributed by atoms with Crippen molar-refractivity contribution in [2.45, 2.75) is 57.2 Å². The number of rotatable bonds is 10. The molecule has 6 amide bonds. The summed E-state index contributed by atoms with van der Waals surface area (Å²) in [4.78, 5) is 81.0. The highest BCUT2D eigenvalue weighted by atomic mass is 19.1. The highest BCUT2D eigenvalue weighted by Gasteiger charge is 2.40. The van der Waals surface area contributed by atoms with E-state index in [-0.39, 0.29) is 41.8 Å². The number of hydrogen-bond acceptors (Lipinski definition) is 13. The summed E-state index contributed by atoms with van der Waals surface area (Å²) in [5.74, 6) is -1.15. The number of benzene rings is 2. The summed E-state index contributed by atoms with van der Waals surface area (Å²) < 4.78 is 15.8. The molecule has 61 heavy (non-hydrogen) atoms. The highest BCUT2D eigenvalue weighted by Crippen LogP contribution is 2.33. The van der Waals surface area contributed by atoms with Crippen LogP contribution in [-0.2, 0) is 16.1 Å². The Kier molecular flexibility index (Phi) is 11.1. The first-order valence-corrected chi connectivity index (χ1v) is 21.4. The minimum Gasteiger partial charge on any atom is -0.371 e. The lowest BCUT2D eigenvalue weighted by atomic mass is 9.95. The van der Waals surface area contributed by atoms with Crippen molar-refractivity contribution >= 4 is 58.5 Å². The highest BCUT2D eigenvalue weighted by molar-refractivity contribution is 6.05. The number of nitrogens with two attached hydrogens (primary N) is 1. The van der Waals surface area contributed by atoms with Crippen molar-refractivity contribution in [1.29, 1.82) is 0 Å². The molecule has 0 bridgehead atoms. The molecule has 5 saturated heterocycles. The van der Waals surface area contributed by atoms with Crippen molar-refractivity contribution in [3.63, 3.8) is 0 Å². The van der Waals surface area contributed by atoms with Crippen molar-refractivity contribution in [2.75, 3.05) is 99.1 Å². The van der Waals surface area contributed by atoms with Gasteiger partial charge in [0.05, 0.1) is 11.7 Å². The number of imide groups is 1. The van der Waals surface area contributed by atoms with Crippen LogP contribution in [0.5, 0.6) is 0 Å². The molecule has 9 rings (SSSR count). The Hall–Kier alpha value is -6.11. The number of halogens is 1. The maximum atomic E-state index is 15.8. The normalized spacial score (nSPS) is 22.9. The zero-order chi connectivity index (χ0) is 42.4. The Balaban J connectivity index is 0.762. The van der Waals surface area contributed by atoms with Gasteiger partial charge in [0.15, 0.2) is 11.5 Å². The average molecular weight is 838 g/mol. The molecule has 5 fully saturated rings. The van der Waals surface area contributed by atoms with Crippen LogP contribution in [-0.4, -0.2) is 156 Å². The molecular weight excluding hydrogens is 786 g/mol. The lowest BCUT2D eigenvalue weighted by molar-refractivity contribution is -0.136. The molecule has 0 spiro atoms. The Morgan fingerprint density at radius 1 is 0.869 bits per heavy atom. The summed E-state index contributed by atoms with van der Waals surface area (Å²) in [7, 11) is 1.80. The second-order valence-electron chi connectivity index (χ2n) is 17.1. The standard InChI is InChI=1S/C42H52FN13O5/c1-50-15-20-55(42(50)61)30-3-2-12-54(25-30)41-47-38(36(37(44)58)48-49-41)45-28-5-7-33(32(43)21-28)53-18-16-51(17-19-53)23-26-10-13-52(14-11-26)29-6-4-27-24-56(40(60)31(27)22-29)34-8-9-35(57)46-39(34)59/h4-7,21-22,26,30,34H,2-3,8-20,23-25H2,1H3,(H2,44,58)(H,45,47,49)(H,46,57,59)/t30-,34?/m1/s1. The molecule has 2 aromatic carbocycles. The summed E-state index contributed by atoms with van der Waals surface area (Å²) in [5.41, 5.74) is 8.92. The van der Waals surface area contributed by atoms with Gasteiger partial charge >= 0.3 is 6.03 Å². The fourth-order valence-electron chi connectivity index (χ4n) is 9.73. The summed E-state index contributed by atoms with van der Waals surface area (Å²) >= 11 is 0. The second kappa shape index (κ2) is 16.7. The maximum absolute atomic E-state index is 15.8. The zero-order valence-electron chi connectivity index (χ0n) is 34.4. The van der Waals surface area contributed by atoms with E-state index < -0.39 is 23.7 Å². The lowest BCUT2D eigenvalue weighted by Crippen LogP contribution is -2.52. The number of carbonyl (C=O) groups excluding carboxylic acids is 5. The number of carbonyl (C=O) groups is 5. The maximum Gasteiger partial charge on any atom is 0.320 e. The average Bonchev–Trinajstić information content (AvgIpc) is 3.77. The van der Waals surface area contributed by atoms with Gasteiger partial charge in [-0.2, -0.15) is 4.98 Å². The Labute approximate surface area is 353 Å². The fraction of sp³-hybridized carbons (Fsp3) is 0.524. The van der Waals surface area contributed by atoms with E-state index in [4.69, 9.17) is 5.73 Å². The number of piperidine rings is 3. The van der Waals surface area contributed by atoms with Crippen LogP contribution < -0.4 is 31.1 Å². The number of hydrogen-bond donors (Lipinski definition) is 3. The molecule has 6 aliphatic heterocycles. The Morgan fingerprint density at radius 2 is 1.67 bits per heavy atom. The number of anilines is 5. The molecule has 2 atom stereocenters. The number of nitrogens with zero attached hydrogens (tertiary/aromatic N) is 10. The third-order valence-electron chi connectivity index (χ3n) is 13.2. The van der Waals surface area contributed by atoms with E-state index in [1.165, 1.54) is 6.07 Å². The topological polar surface area (TPSA) is 197 Å². The van der Waals surface area contributed by atoms with Crippen LogP contribution >= 0.6 is 0 Å². The molecule has 19 heteroatoms. The summed E-state index contributed by atoms with van der Waals surface area (Å²) in [6, 6.07) is 10.3. The van der Waals surface area contributed by atoms with Crippen LogP contribution in [0.25, 0.3) is 0 Å². The first-order valence-electron chi connectivity index (χ1n) is 21.4. The van der Waals surface area contributed by atoms with Gasteiger partial charge in [-0.1, -0.05) is 6.07 Å². The minimum absolute atomic E-state index is 0.00511. The molecular formula is C42H52FN13O5. The quantitative estimate of drug-likeness (QED) is 0.251.